The molecule has 1 aromatic carbocycles. The van der Waals surface area contributed by atoms with Crippen LogP contribution in [-0.4, -0.2) is 49.4 Å². The van der Waals surface area contributed by atoms with Crippen molar-refractivity contribution in [3.05, 3.63) is 77.9 Å². The van der Waals surface area contributed by atoms with Crippen molar-refractivity contribution in [3.63, 3.8) is 0 Å². The monoisotopic (exact) mass is 376 g/mol. The smallest absolute Gasteiger partial charge is 0.257 e. The van der Waals surface area contributed by atoms with E-state index >= 15 is 0 Å². The first kappa shape index (κ1) is 18.4. The van der Waals surface area contributed by atoms with E-state index < -0.39 is 5.60 Å². The topological polar surface area (TPSA) is 71.2 Å². The number of nitrogens with zero attached hydrogens (tertiary/aromatic N) is 4. The molecule has 6 nitrogen and oxygen atoms in total. The van der Waals surface area contributed by atoms with E-state index in [1.54, 1.807) is 23.3 Å². The van der Waals surface area contributed by atoms with Crippen LogP contribution in [-0.2, 0) is 6.42 Å². The van der Waals surface area contributed by atoms with Crippen LogP contribution >= 0.6 is 0 Å². The third kappa shape index (κ3) is 3.68. The number of likely N-dealkylation sites (tertiary alicyclic amines) is 1. The predicted octanol–water partition coefficient (Wildman–Crippen LogP) is 2.79. The normalized spacial score (nSPS) is 16.1. The van der Waals surface area contributed by atoms with Crippen molar-refractivity contribution >= 4 is 5.91 Å². The summed E-state index contributed by atoms with van der Waals surface area (Å²) in [4.78, 5) is 18.9. The van der Waals surface area contributed by atoms with Crippen LogP contribution < -0.4 is 0 Å². The molecule has 1 amide bonds. The van der Waals surface area contributed by atoms with Gasteiger partial charge in [0.15, 0.2) is 0 Å². The Hall–Kier alpha value is -2.99. The summed E-state index contributed by atoms with van der Waals surface area (Å²) < 4.78 is 1.75. The first-order valence-electron chi connectivity index (χ1n) is 9.56. The summed E-state index contributed by atoms with van der Waals surface area (Å²) in [5.41, 5.74) is 2.65. The molecule has 3 aromatic rings. The first-order chi connectivity index (χ1) is 13.6. The molecule has 2 aromatic heterocycles. The van der Waals surface area contributed by atoms with Gasteiger partial charge in [0.1, 0.15) is 0 Å². The molecule has 3 heterocycles. The van der Waals surface area contributed by atoms with Crippen LogP contribution in [0, 0.1) is 6.92 Å². The van der Waals surface area contributed by atoms with E-state index in [1.807, 2.05) is 54.3 Å². The third-order valence-electron chi connectivity index (χ3n) is 5.50. The van der Waals surface area contributed by atoms with Gasteiger partial charge < -0.3 is 10.0 Å². The average Bonchev–Trinajstić information content (AvgIpc) is 3.10. The first-order valence-corrected chi connectivity index (χ1v) is 9.56. The zero-order chi connectivity index (χ0) is 19.6. The number of carbonyl (C=O) groups is 1. The highest BCUT2D eigenvalue weighted by Gasteiger charge is 2.35. The van der Waals surface area contributed by atoms with Gasteiger partial charge in [-0.25, -0.2) is 4.68 Å². The van der Waals surface area contributed by atoms with Crippen LogP contribution in [0.2, 0.25) is 0 Å². The highest BCUT2D eigenvalue weighted by atomic mass is 16.3. The Morgan fingerprint density at radius 3 is 2.46 bits per heavy atom. The van der Waals surface area contributed by atoms with Gasteiger partial charge in [0.25, 0.3) is 5.91 Å². The maximum Gasteiger partial charge on any atom is 0.257 e. The molecule has 1 aliphatic heterocycles. The molecule has 0 unspecified atom stereocenters. The fourth-order valence-electron chi connectivity index (χ4n) is 3.81. The molecule has 0 saturated carbocycles. The number of piperidine rings is 1. The highest BCUT2D eigenvalue weighted by molar-refractivity contribution is 5.95. The Morgan fingerprint density at radius 2 is 1.79 bits per heavy atom. The number of pyridine rings is 1. The van der Waals surface area contributed by atoms with E-state index in [0.29, 0.717) is 37.9 Å². The Morgan fingerprint density at radius 1 is 1.11 bits per heavy atom. The third-order valence-corrected chi connectivity index (χ3v) is 5.50. The van der Waals surface area contributed by atoms with Crippen molar-refractivity contribution in [3.8, 4) is 5.69 Å². The fourth-order valence-corrected chi connectivity index (χ4v) is 3.81. The van der Waals surface area contributed by atoms with E-state index in [9.17, 15) is 9.90 Å². The molecule has 6 heteroatoms. The van der Waals surface area contributed by atoms with Crippen molar-refractivity contribution in [1.82, 2.24) is 19.7 Å². The van der Waals surface area contributed by atoms with Crippen molar-refractivity contribution < 1.29 is 9.90 Å². The molecule has 1 fully saturated rings. The van der Waals surface area contributed by atoms with E-state index in [-0.39, 0.29) is 5.91 Å². The molecule has 0 radical (unpaired) electrons. The van der Waals surface area contributed by atoms with Crippen LogP contribution in [0.3, 0.4) is 0 Å². The van der Waals surface area contributed by atoms with Crippen LogP contribution in [0.1, 0.15) is 34.5 Å². The second-order valence-electron chi connectivity index (χ2n) is 7.44. The largest absolute Gasteiger partial charge is 0.389 e. The number of carbonyl (C=O) groups excluding carboxylic acids is 1. The van der Waals surface area contributed by atoms with E-state index in [1.165, 1.54) is 0 Å². The van der Waals surface area contributed by atoms with Gasteiger partial charge in [0, 0.05) is 31.9 Å². The summed E-state index contributed by atoms with van der Waals surface area (Å²) in [5.74, 6) is -0.0282. The Kier molecular flexibility index (Phi) is 4.96. The summed E-state index contributed by atoms with van der Waals surface area (Å²) in [6.07, 6.45) is 6.81. The quantitative estimate of drug-likeness (QED) is 0.760. The number of benzene rings is 1. The van der Waals surface area contributed by atoms with Crippen molar-refractivity contribution in [1.29, 1.82) is 0 Å². The number of hydrogen-bond acceptors (Lipinski definition) is 4. The number of aliphatic hydroxyl groups is 1. The van der Waals surface area contributed by atoms with Gasteiger partial charge >= 0.3 is 0 Å². The predicted molar refractivity (Wildman–Crippen MR) is 106 cm³/mol. The number of amides is 1. The SMILES string of the molecule is Cc1c(C(=O)N2CCC(O)(Cc3ccccc3)CC2)cnn1-c1ccncc1. The second-order valence-corrected chi connectivity index (χ2v) is 7.44. The maximum atomic E-state index is 13.0. The summed E-state index contributed by atoms with van der Waals surface area (Å²) in [6, 6.07) is 13.7. The lowest BCUT2D eigenvalue weighted by Crippen LogP contribution is -2.47. The number of rotatable bonds is 4. The van der Waals surface area contributed by atoms with Crippen LogP contribution in [0.5, 0.6) is 0 Å². The summed E-state index contributed by atoms with van der Waals surface area (Å²) in [5, 5.41) is 15.3. The van der Waals surface area contributed by atoms with Gasteiger partial charge in [0.2, 0.25) is 0 Å². The lowest BCUT2D eigenvalue weighted by molar-refractivity contribution is -0.0162. The van der Waals surface area contributed by atoms with Crippen LogP contribution in [0.4, 0.5) is 0 Å². The van der Waals surface area contributed by atoms with Gasteiger partial charge in [-0.05, 0) is 37.5 Å². The number of aromatic nitrogens is 3. The zero-order valence-electron chi connectivity index (χ0n) is 16.0. The van der Waals surface area contributed by atoms with Crippen LogP contribution in [0.15, 0.2) is 61.1 Å². The average molecular weight is 376 g/mol. The summed E-state index contributed by atoms with van der Waals surface area (Å²) in [7, 11) is 0. The minimum Gasteiger partial charge on any atom is -0.389 e. The van der Waals surface area contributed by atoms with Gasteiger partial charge in [-0.3, -0.25) is 9.78 Å². The molecule has 1 aliphatic rings. The van der Waals surface area contributed by atoms with E-state index in [4.69, 9.17) is 0 Å². The molecular formula is C22H24N4O2. The minimum atomic E-state index is -0.756. The molecule has 4 rings (SSSR count). The highest BCUT2D eigenvalue weighted by Crippen LogP contribution is 2.27. The van der Waals surface area contributed by atoms with Crippen LogP contribution in [0.25, 0.3) is 5.69 Å². The number of hydrogen-bond donors (Lipinski definition) is 1. The Balaban J connectivity index is 1.44. The van der Waals surface area contributed by atoms with Gasteiger partial charge in [0.05, 0.1) is 28.7 Å². The standard InChI is InChI=1S/C22H24N4O2/c1-17-20(16-24-26(17)19-7-11-23-12-8-19)21(27)25-13-9-22(28,10-14-25)15-18-5-3-2-4-6-18/h2-8,11-12,16,28H,9-10,13-15H2,1H3. The molecule has 0 aliphatic carbocycles. The molecule has 0 spiro atoms. The van der Waals surface area contributed by atoms with E-state index in [2.05, 4.69) is 10.1 Å². The van der Waals surface area contributed by atoms with Crippen molar-refractivity contribution in [2.75, 3.05) is 13.1 Å². The molecule has 28 heavy (non-hydrogen) atoms. The molecule has 0 atom stereocenters. The maximum absolute atomic E-state index is 13.0. The second kappa shape index (κ2) is 7.56. The van der Waals surface area contributed by atoms with Gasteiger partial charge in [-0.1, -0.05) is 30.3 Å². The summed E-state index contributed by atoms with van der Waals surface area (Å²) in [6.45, 7) is 2.99. The molecule has 1 N–H and O–H groups in total. The molecule has 1 saturated heterocycles. The molecule has 144 valence electrons. The van der Waals surface area contributed by atoms with Gasteiger partial charge in [-0.2, -0.15) is 5.10 Å². The fraction of sp³-hybridized carbons (Fsp3) is 0.318. The zero-order valence-corrected chi connectivity index (χ0v) is 16.0. The van der Waals surface area contributed by atoms with Crippen molar-refractivity contribution in [2.45, 2.75) is 31.8 Å². The summed E-state index contributed by atoms with van der Waals surface area (Å²) >= 11 is 0. The molecule has 0 bridgehead atoms. The van der Waals surface area contributed by atoms with E-state index in [0.717, 1.165) is 16.9 Å². The lowest BCUT2D eigenvalue weighted by atomic mass is 9.85. The minimum absolute atomic E-state index is 0.0282. The molecular weight excluding hydrogens is 352 g/mol. The van der Waals surface area contributed by atoms with Crippen molar-refractivity contribution in [2.24, 2.45) is 0 Å². The Bertz CT molecular complexity index is 945. The van der Waals surface area contributed by atoms with Gasteiger partial charge in [-0.15, -0.1) is 0 Å². The lowest BCUT2D eigenvalue weighted by Gasteiger charge is -2.38. The Labute approximate surface area is 164 Å².